The van der Waals surface area contributed by atoms with Gasteiger partial charge in [-0.3, -0.25) is 4.79 Å². The Morgan fingerprint density at radius 2 is 1.86 bits per heavy atom. The van der Waals surface area contributed by atoms with Crippen LogP contribution in [0.15, 0.2) is 18.2 Å². The van der Waals surface area contributed by atoms with Gasteiger partial charge in [-0.2, -0.15) is 0 Å². The number of halogens is 1. The van der Waals surface area contributed by atoms with Crippen molar-refractivity contribution in [2.45, 2.75) is 33.2 Å². The van der Waals surface area contributed by atoms with E-state index in [2.05, 4.69) is 5.32 Å². The Bertz CT molecular complexity index is 439. The Labute approximate surface area is 132 Å². The maximum absolute atomic E-state index is 11.4. The molecule has 0 spiro atoms. The molecule has 0 fully saturated rings. The maximum Gasteiger partial charge on any atom is 0.236 e. The molecule has 0 aliphatic rings. The van der Waals surface area contributed by atoms with Crippen molar-refractivity contribution in [3.8, 4) is 11.5 Å². The van der Waals surface area contributed by atoms with Crippen molar-refractivity contribution in [2.75, 3.05) is 19.8 Å². The molecule has 1 rings (SSSR count). The molecule has 6 heteroatoms. The van der Waals surface area contributed by atoms with Gasteiger partial charge in [0.05, 0.1) is 19.3 Å². The lowest BCUT2D eigenvalue weighted by Gasteiger charge is -2.13. The molecule has 0 saturated heterocycles. The van der Waals surface area contributed by atoms with Crippen molar-refractivity contribution < 1.29 is 14.3 Å². The van der Waals surface area contributed by atoms with E-state index in [4.69, 9.17) is 15.2 Å². The molecule has 120 valence electrons. The summed E-state index contributed by atoms with van der Waals surface area (Å²) in [4.78, 5) is 11.4. The molecule has 0 aliphatic carbocycles. The van der Waals surface area contributed by atoms with Gasteiger partial charge in [0.1, 0.15) is 0 Å². The number of ether oxygens (including phenoxy) is 2. The molecule has 21 heavy (non-hydrogen) atoms. The molecule has 0 aliphatic heterocycles. The molecule has 0 radical (unpaired) electrons. The summed E-state index contributed by atoms with van der Waals surface area (Å²) in [7, 11) is 0. The second kappa shape index (κ2) is 10.3. The number of rotatable bonds is 8. The van der Waals surface area contributed by atoms with Gasteiger partial charge in [-0.1, -0.05) is 6.07 Å². The fourth-order valence-electron chi connectivity index (χ4n) is 1.74. The van der Waals surface area contributed by atoms with Crippen molar-refractivity contribution in [2.24, 2.45) is 5.73 Å². The van der Waals surface area contributed by atoms with Crippen LogP contribution in [0, 0.1) is 0 Å². The first kappa shape index (κ1) is 19.5. The van der Waals surface area contributed by atoms with Gasteiger partial charge in [0.15, 0.2) is 11.5 Å². The van der Waals surface area contributed by atoms with Crippen molar-refractivity contribution in [3.63, 3.8) is 0 Å². The molecule has 1 unspecified atom stereocenters. The quantitative estimate of drug-likeness (QED) is 0.768. The molecular formula is C15H25ClN2O3. The van der Waals surface area contributed by atoms with Crippen molar-refractivity contribution >= 4 is 18.3 Å². The highest BCUT2D eigenvalue weighted by Gasteiger charge is 2.08. The minimum absolute atomic E-state index is 0. The van der Waals surface area contributed by atoms with E-state index >= 15 is 0 Å². The average Bonchev–Trinajstić information content (AvgIpc) is 2.41. The van der Waals surface area contributed by atoms with Crippen LogP contribution >= 0.6 is 12.4 Å². The number of nitrogens with two attached hydrogens (primary N) is 1. The number of carbonyl (C=O) groups excluding carboxylic acids is 1. The van der Waals surface area contributed by atoms with E-state index in [-0.39, 0.29) is 18.3 Å². The van der Waals surface area contributed by atoms with E-state index < -0.39 is 6.04 Å². The number of amides is 1. The van der Waals surface area contributed by atoms with Gasteiger partial charge in [0.2, 0.25) is 5.91 Å². The molecular weight excluding hydrogens is 292 g/mol. The molecule has 0 heterocycles. The third-order valence-corrected chi connectivity index (χ3v) is 2.73. The Kier molecular flexibility index (Phi) is 9.58. The number of hydrogen-bond acceptors (Lipinski definition) is 4. The maximum atomic E-state index is 11.4. The number of benzene rings is 1. The summed E-state index contributed by atoms with van der Waals surface area (Å²) in [5.74, 6) is 1.35. The van der Waals surface area contributed by atoms with E-state index in [0.29, 0.717) is 19.8 Å². The number of hydrogen-bond donors (Lipinski definition) is 2. The third-order valence-electron chi connectivity index (χ3n) is 2.73. The summed E-state index contributed by atoms with van der Waals surface area (Å²) in [6, 6.07) is 5.35. The topological polar surface area (TPSA) is 73.6 Å². The van der Waals surface area contributed by atoms with E-state index in [1.165, 1.54) is 0 Å². The minimum Gasteiger partial charge on any atom is -0.490 e. The average molecular weight is 317 g/mol. The van der Waals surface area contributed by atoms with Gasteiger partial charge in [-0.05, 0) is 44.9 Å². The van der Waals surface area contributed by atoms with E-state index in [0.717, 1.165) is 23.5 Å². The molecule has 1 atom stereocenters. The fourth-order valence-corrected chi connectivity index (χ4v) is 1.74. The SMILES string of the molecule is CCOc1ccc(CCNC(=O)C(C)N)cc1OCC.Cl. The number of nitrogens with one attached hydrogen (secondary N) is 1. The molecule has 1 amide bonds. The van der Waals surface area contributed by atoms with Gasteiger partial charge in [-0.15, -0.1) is 12.4 Å². The fraction of sp³-hybridized carbons (Fsp3) is 0.533. The van der Waals surface area contributed by atoms with Gasteiger partial charge in [0, 0.05) is 6.54 Å². The summed E-state index contributed by atoms with van der Waals surface area (Å²) in [5, 5.41) is 2.79. The monoisotopic (exact) mass is 316 g/mol. The smallest absolute Gasteiger partial charge is 0.236 e. The van der Waals surface area contributed by atoms with Gasteiger partial charge in [0.25, 0.3) is 0 Å². The van der Waals surface area contributed by atoms with Gasteiger partial charge >= 0.3 is 0 Å². The molecule has 1 aromatic rings. The van der Waals surface area contributed by atoms with Crippen LogP contribution < -0.4 is 20.5 Å². The second-order valence-corrected chi connectivity index (χ2v) is 4.48. The lowest BCUT2D eigenvalue weighted by Crippen LogP contribution is -2.39. The van der Waals surface area contributed by atoms with Crippen molar-refractivity contribution in [1.29, 1.82) is 0 Å². The van der Waals surface area contributed by atoms with Crippen LogP contribution in [-0.4, -0.2) is 31.7 Å². The zero-order valence-electron chi connectivity index (χ0n) is 12.8. The molecule has 1 aromatic carbocycles. The van der Waals surface area contributed by atoms with E-state index in [1.54, 1.807) is 6.92 Å². The van der Waals surface area contributed by atoms with Crippen LogP contribution in [0.25, 0.3) is 0 Å². The molecule has 3 N–H and O–H groups in total. The summed E-state index contributed by atoms with van der Waals surface area (Å²) >= 11 is 0. The number of carbonyl (C=O) groups is 1. The van der Waals surface area contributed by atoms with Crippen molar-refractivity contribution in [3.05, 3.63) is 23.8 Å². The minimum atomic E-state index is -0.477. The van der Waals surface area contributed by atoms with Crippen LogP contribution in [0.4, 0.5) is 0 Å². The Morgan fingerprint density at radius 3 is 2.43 bits per heavy atom. The third kappa shape index (κ3) is 6.69. The highest BCUT2D eigenvalue weighted by atomic mass is 35.5. The lowest BCUT2D eigenvalue weighted by atomic mass is 10.1. The molecule has 0 saturated carbocycles. The van der Waals surface area contributed by atoms with Crippen LogP contribution in [-0.2, 0) is 11.2 Å². The first-order chi connectivity index (χ1) is 9.58. The van der Waals surface area contributed by atoms with Gasteiger partial charge in [-0.25, -0.2) is 0 Å². The van der Waals surface area contributed by atoms with Crippen LogP contribution in [0.5, 0.6) is 11.5 Å². The van der Waals surface area contributed by atoms with Crippen LogP contribution in [0.1, 0.15) is 26.3 Å². The van der Waals surface area contributed by atoms with Gasteiger partial charge < -0.3 is 20.5 Å². The summed E-state index contributed by atoms with van der Waals surface area (Å²) in [5.41, 5.74) is 6.57. The summed E-state index contributed by atoms with van der Waals surface area (Å²) in [6.07, 6.45) is 0.727. The summed E-state index contributed by atoms with van der Waals surface area (Å²) in [6.45, 7) is 7.28. The zero-order chi connectivity index (χ0) is 15.0. The standard InChI is InChI=1S/C15H24N2O3.ClH/c1-4-19-13-7-6-12(10-14(13)20-5-2)8-9-17-15(18)11(3)16;/h6-7,10-11H,4-5,8-9,16H2,1-3H3,(H,17,18);1H. The largest absolute Gasteiger partial charge is 0.490 e. The Hall–Kier alpha value is -1.46. The predicted molar refractivity (Wildman–Crippen MR) is 86.4 cm³/mol. The predicted octanol–water partition coefficient (Wildman–Crippen LogP) is 1.91. The highest BCUT2D eigenvalue weighted by molar-refractivity contribution is 5.85. The molecule has 0 bridgehead atoms. The van der Waals surface area contributed by atoms with Crippen molar-refractivity contribution in [1.82, 2.24) is 5.32 Å². The van der Waals surface area contributed by atoms with E-state index in [1.807, 2.05) is 32.0 Å². The zero-order valence-corrected chi connectivity index (χ0v) is 13.7. The van der Waals surface area contributed by atoms with E-state index in [9.17, 15) is 4.79 Å². The second-order valence-electron chi connectivity index (χ2n) is 4.48. The first-order valence-corrected chi connectivity index (χ1v) is 7.00. The molecule has 5 nitrogen and oxygen atoms in total. The summed E-state index contributed by atoms with van der Waals surface area (Å²) < 4.78 is 11.1. The normalized spacial score (nSPS) is 11.2. The lowest BCUT2D eigenvalue weighted by molar-refractivity contribution is -0.121. The molecule has 0 aromatic heterocycles. The Morgan fingerprint density at radius 1 is 1.24 bits per heavy atom. The van der Waals surface area contributed by atoms with Crippen LogP contribution in [0.2, 0.25) is 0 Å². The highest BCUT2D eigenvalue weighted by Crippen LogP contribution is 2.28. The first-order valence-electron chi connectivity index (χ1n) is 7.00. The Balaban J connectivity index is 0.00000400. The van der Waals surface area contributed by atoms with Crippen LogP contribution in [0.3, 0.4) is 0 Å².